The molecule has 0 amide bonds. The Labute approximate surface area is 114 Å². The standard InChI is InChI=1S/C17H20O2/c1-10(2)17(12(4)18)11(3)13-5-7-15-14(9-13)6-8-16(15)19/h5,7,9-10H,6,8H2,1-4H3/b17-11+. The molecule has 2 rings (SSSR count). The number of allylic oxidation sites excluding steroid dienone is 2. The first-order valence-corrected chi connectivity index (χ1v) is 6.80. The van der Waals surface area contributed by atoms with Gasteiger partial charge in [-0.25, -0.2) is 0 Å². The molecule has 0 atom stereocenters. The number of Topliss-reactive ketones (excluding diaryl/α,β-unsaturated/α-hetero) is 2. The molecule has 1 aromatic rings. The fourth-order valence-electron chi connectivity index (χ4n) is 2.95. The van der Waals surface area contributed by atoms with Crippen LogP contribution in [0.5, 0.6) is 0 Å². The van der Waals surface area contributed by atoms with Gasteiger partial charge in [0.15, 0.2) is 11.6 Å². The van der Waals surface area contributed by atoms with E-state index in [1.165, 1.54) is 0 Å². The average molecular weight is 256 g/mol. The molecule has 2 nitrogen and oxygen atoms in total. The maximum atomic E-state index is 11.8. The van der Waals surface area contributed by atoms with Crippen molar-refractivity contribution < 1.29 is 9.59 Å². The van der Waals surface area contributed by atoms with Gasteiger partial charge in [-0.3, -0.25) is 9.59 Å². The lowest BCUT2D eigenvalue weighted by atomic mass is 9.90. The van der Waals surface area contributed by atoms with Crippen molar-refractivity contribution in [2.45, 2.75) is 40.5 Å². The number of aryl methyl sites for hydroxylation is 1. The summed E-state index contributed by atoms with van der Waals surface area (Å²) in [6, 6.07) is 5.94. The number of carbonyl (C=O) groups is 2. The number of ketones is 2. The highest BCUT2D eigenvalue weighted by atomic mass is 16.1. The van der Waals surface area contributed by atoms with Crippen LogP contribution in [0, 0.1) is 5.92 Å². The molecule has 0 bridgehead atoms. The third-order valence-electron chi connectivity index (χ3n) is 3.82. The normalized spacial score (nSPS) is 15.5. The number of fused-ring (bicyclic) bond motifs is 1. The summed E-state index contributed by atoms with van der Waals surface area (Å²) in [5.41, 5.74) is 4.94. The van der Waals surface area contributed by atoms with Crippen LogP contribution in [0.3, 0.4) is 0 Å². The van der Waals surface area contributed by atoms with Gasteiger partial charge in [0, 0.05) is 17.6 Å². The highest BCUT2D eigenvalue weighted by Crippen LogP contribution is 2.29. The molecule has 100 valence electrons. The largest absolute Gasteiger partial charge is 0.295 e. The topological polar surface area (TPSA) is 34.1 Å². The van der Waals surface area contributed by atoms with Crippen molar-refractivity contribution in [3.63, 3.8) is 0 Å². The van der Waals surface area contributed by atoms with E-state index in [2.05, 4.69) is 6.07 Å². The summed E-state index contributed by atoms with van der Waals surface area (Å²) in [6.45, 7) is 7.69. The second-order valence-corrected chi connectivity index (χ2v) is 5.54. The van der Waals surface area contributed by atoms with Gasteiger partial charge in [-0.2, -0.15) is 0 Å². The number of carbonyl (C=O) groups excluding carboxylic acids is 2. The van der Waals surface area contributed by atoms with E-state index in [1.54, 1.807) is 6.92 Å². The van der Waals surface area contributed by atoms with Crippen LogP contribution < -0.4 is 0 Å². The molecule has 0 heterocycles. The third kappa shape index (κ3) is 2.53. The van der Waals surface area contributed by atoms with Crippen LogP contribution >= 0.6 is 0 Å². The highest BCUT2D eigenvalue weighted by Gasteiger charge is 2.20. The van der Waals surface area contributed by atoms with E-state index in [1.807, 2.05) is 32.9 Å². The molecule has 0 aromatic heterocycles. The molecule has 0 N–H and O–H groups in total. The highest BCUT2D eigenvalue weighted by molar-refractivity contribution is 6.03. The van der Waals surface area contributed by atoms with Gasteiger partial charge in [0.2, 0.25) is 0 Å². The molecule has 0 unspecified atom stereocenters. The maximum absolute atomic E-state index is 11.8. The predicted molar refractivity (Wildman–Crippen MR) is 77.2 cm³/mol. The van der Waals surface area contributed by atoms with Crippen LogP contribution in [0.15, 0.2) is 23.8 Å². The smallest absolute Gasteiger partial charge is 0.163 e. The molecule has 0 spiro atoms. The Morgan fingerprint density at radius 1 is 1.16 bits per heavy atom. The second kappa shape index (κ2) is 5.12. The Morgan fingerprint density at radius 3 is 2.42 bits per heavy atom. The molecule has 0 fully saturated rings. The van der Waals surface area contributed by atoms with Gasteiger partial charge >= 0.3 is 0 Å². The first kappa shape index (κ1) is 13.7. The van der Waals surface area contributed by atoms with Gasteiger partial charge < -0.3 is 0 Å². The van der Waals surface area contributed by atoms with Crippen LogP contribution in [-0.2, 0) is 11.2 Å². The Kier molecular flexibility index (Phi) is 3.70. The van der Waals surface area contributed by atoms with E-state index in [0.717, 1.165) is 34.3 Å². The zero-order valence-electron chi connectivity index (χ0n) is 12.0. The van der Waals surface area contributed by atoms with Crippen molar-refractivity contribution in [3.05, 3.63) is 40.5 Å². The molecule has 0 aliphatic heterocycles. The Bertz CT molecular complexity index is 577. The van der Waals surface area contributed by atoms with Crippen molar-refractivity contribution in [3.8, 4) is 0 Å². The summed E-state index contributed by atoms with van der Waals surface area (Å²) in [5.74, 6) is 0.579. The summed E-state index contributed by atoms with van der Waals surface area (Å²) in [7, 11) is 0. The van der Waals surface area contributed by atoms with E-state index in [-0.39, 0.29) is 17.5 Å². The molecule has 0 saturated heterocycles. The minimum atomic E-state index is 0.129. The molecular weight excluding hydrogens is 236 g/mol. The minimum absolute atomic E-state index is 0.129. The van der Waals surface area contributed by atoms with E-state index < -0.39 is 0 Å². The molecule has 19 heavy (non-hydrogen) atoms. The summed E-state index contributed by atoms with van der Waals surface area (Å²) in [6.07, 6.45) is 1.44. The zero-order valence-corrected chi connectivity index (χ0v) is 12.0. The van der Waals surface area contributed by atoms with Gasteiger partial charge in [0.05, 0.1) is 0 Å². The lowest BCUT2D eigenvalue weighted by Gasteiger charge is -2.14. The monoisotopic (exact) mass is 256 g/mol. The van der Waals surface area contributed by atoms with Gasteiger partial charge in [0.1, 0.15) is 0 Å². The van der Waals surface area contributed by atoms with E-state index in [0.29, 0.717) is 6.42 Å². The molecule has 1 aliphatic carbocycles. The van der Waals surface area contributed by atoms with Crippen molar-refractivity contribution in [2.24, 2.45) is 5.92 Å². The third-order valence-corrected chi connectivity index (χ3v) is 3.82. The summed E-state index contributed by atoms with van der Waals surface area (Å²) in [5, 5.41) is 0. The van der Waals surface area contributed by atoms with E-state index >= 15 is 0 Å². The quantitative estimate of drug-likeness (QED) is 0.770. The molecule has 2 heteroatoms. The lowest BCUT2D eigenvalue weighted by Crippen LogP contribution is -2.07. The van der Waals surface area contributed by atoms with E-state index in [4.69, 9.17) is 0 Å². The van der Waals surface area contributed by atoms with Crippen molar-refractivity contribution in [1.29, 1.82) is 0 Å². The number of rotatable bonds is 3. The first-order valence-electron chi connectivity index (χ1n) is 6.80. The second-order valence-electron chi connectivity index (χ2n) is 5.54. The van der Waals surface area contributed by atoms with Crippen molar-refractivity contribution in [1.82, 2.24) is 0 Å². The van der Waals surface area contributed by atoms with Crippen LogP contribution in [0.1, 0.15) is 55.6 Å². The minimum Gasteiger partial charge on any atom is -0.295 e. The van der Waals surface area contributed by atoms with Crippen LogP contribution in [0.2, 0.25) is 0 Å². The van der Waals surface area contributed by atoms with Gasteiger partial charge in [-0.15, -0.1) is 0 Å². The molecular formula is C17H20O2. The first-order chi connectivity index (χ1) is 8.91. The lowest BCUT2D eigenvalue weighted by molar-refractivity contribution is -0.113. The Hall–Kier alpha value is -1.70. The fraction of sp³-hybridized carbons (Fsp3) is 0.412. The van der Waals surface area contributed by atoms with Crippen molar-refractivity contribution in [2.75, 3.05) is 0 Å². The van der Waals surface area contributed by atoms with E-state index in [9.17, 15) is 9.59 Å². The van der Waals surface area contributed by atoms with Gasteiger partial charge in [0.25, 0.3) is 0 Å². The maximum Gasteiger partial charge on any atom is 0.163 e. The van der Waals surface area contributed by atoms with Crippen LogP contribution in [0.4, 0.5) is 0 Å². The molecule has 0 saturated carbocycles. The SMILES string of the molecule is CC(=O)/C(=C(\C)c1ccc2c(c1)CCC2=O)C(C)C. The predicted octanol–water partition coefficient (Wildman–Crippen LogP) is 3.83. The number of hydrogen-bond donors (Lipinski definition) is 0. The van der Waals surface area contributed by atoms with Gasteiger partial charge in [-0.1, -0.05) is 32.0 Å². The molecule has 1 aromatic carbocycles. The summed E-state index contributed by atoms with van der Waals surface area (Å²) >= 11 is 0. The zero-order chi connectivity index (χ0) is 14.2. The number of benzene rings is 1. The Morgan fingerprint density at radius 2 is 1.84 bits per heavy atom. The Balaban J connectivity index is 2.50. The van der Waals surface area contributed by atoms with Gasteiger partial charge in [-0.05, 0) is 42.9 Å². The molecule has 1 aliphatic rings. The van der Waals surface area contributed by atoms with Crippen LogP contribution in [-0.4, -0.2) is 11.6 Å². The van der Waals surface area contributed by atoms with Crippen LogP contribution in [0.25, 0.3) is 5.57 Å². The number of hydrogen-bond acceptors (Lipinski definition) is 2. The van der Waals surface area contributed by atoms with Crippen molar-refractivity contribution >= 4 is 17.1 Å². The average Bonchev–Trinajstić information content (AvgIpc) is 2.69. The fourth-order valence-corrected chi connectivity index (χ4v) is 2.95. The summed E-state index contributed by atoms with van der Waals surface area (Å²) < 4.78 is 0. The summed E-state index contributed by atoms with van der Waals surface area (Å²) in [4.78, 5) is 23.4. The molecule has 0 radical (unpaired) electrons.